The van der Waals surface area contributed by atoms with Gasteiger partial charge in [0.25, 0.3) is 0 Å². The maximum Gasteiger partial charge on any atom is 0.158 e. The molecule has 1 radical (unpaired) electrons. The molecule has 2 fully saturated rings. The van der Waals surface area contributed by atoms with Crippen molar-refractivity contribution in [2.75, 3.05) is 6.61 Å². The molecule has 1 saturated carbocycles. The van der Waals surface area contributed by atoms with E-state index in [0.29, 0.717) is 19.4 Å². The van der Waals surface area contributed by atoms with E-state index in [1.807, 2.05) is 18.2 Å². The normalized spacial score (nSPS) is 34.1. The van der Waals surface area contributed by atoms with Gasteiger partial charge in [0, 0.05) is 39.1 Å². The molecular formula is C17H24O5Y. The van der Waals surface area contributed by atoms with Crippen LogP contribution in [0.5, 0.6) is 0 Å². The number of hydrogen-bond acceptors (Lipinski definition) is 5. The Morgan fingerprint density at radius 2 is 1.96 bits per heavy atom. The molecule has 0 spiro atoms. The van der Waals surface area contributed by atoms with Crippen LogP contribution in [0, 0.1) is 5.92 Å². The summed E-state index contributed by atoms with van der Waals surface area (Å²) >= 11 is 0. The second-order valence-corrected chi connectivity index (χ2v) is 6.25. The van der Waals surface area contributed by atoms with Crippen LogP contribution in [0.15, 0.2) is 30.3 Å². The van der Waals surface area contributed by atoms with Crippen molar-refractivity contribution in [2.45, 2.75) is 56.7 Å². The van der Waals surface area contributed by atoms with E-state index in [1.165, 1.54) is 5.56 Å². The summed E-state index contributed by atoms with van der Waals surface area (Å²) in [6, 6.07) is 10.2. The zero-order valence-corrected chi connectivity index (χ0v) is 16.1. The molecule has 23 heavy (non-hydrogen) atoms. The van der Waals surface area contributed by atoms with E-state index in [9.17, 15) is 5.11 Å². The number of hydrogen-bond donors (Lipinski definition) is 2. The number of fused-ring (bicyclic) bond motifs is 2. The Hall–Kier alpha value is 0.124. The van der Waals surface area contributed by atoms with Crippen LogP contribution in [0.2, 0.25) is 0 Å². The van der Waals surface area contributed by atoms with Gasteiger partial charge in [-0.1, -0.05) is 30.3 Å². The summed E-state index contributed by atoms with van der Waals surface area (Å²) in [4.78, 5) is 4.56. The summed E-state index contributed by atoms with van der Waals surface area (Å²) in [5.74, 6) is 0.159. The summed E-state index contributed by atoms with van der Waals surface area (Å²) in [6.07, 6.45) is 2.40. The van der Waals surface area contributed by atoms with E-state index in [0.717, 1.165) is 19.3 Å². The SMILES string of the molecule is OOC1CCC2CC1OC(CCc1ccccc1)OCC2O.[Y]. The minimum atomic E-state index is -0.467. The van der Waals surface area contributed by atoms with Crippen molar-refractivity contribution in [2.24, 2.45) is 5.92 Å². The first-order valence-electron chi connectivity index (χ1n) is 8.05. The molecule has 2 aliphatic rings. The summed E-state index contributed by atoms with van der Waals surface area (Å²) < 4.78 is 11.8. The summed E-state index contributed by atoms with van der Waals surface area (Å²) in [7, 11) is 0. The van der Waals surface area contributed by atoms with Crippen molar-refractivity contribution in [3.05, 3.63) is 35.9 Å². The molecule has 1 aromatic rings. The number of benzene rings is 1. The van der Waals surface area contributed by atoms with E-state index < -0.39 is 6.10 Å². The molecule has 0 aromatic heterocycles. The van der Waals surface area contributed by atoms with Gasteiger partial charge < -0.3 is 14.6 Å². The van der Waals surface area contributed by atoms with Gasteiger partial charge in [-0.2, -0.15) is 0 Å². The molecule has 0 amide bonds. The molecule has 125 valence electrons. The average molecular weight is 397 g/mol. The van der Waals surface area contributed by atoms with E-state index in [2.05, 4.69) is 17.0 Å². The Labute approximate surface area is 162 Å². The summed E-state index contributed by atoms with van der Waals surface area (Å²) in [6.45, 7) is 0.307. The van der Waals surface area contributed by atoms with Crippen LogP contribution < -0.4 is 0 Å². The molecule has 3 rings (SSSR count). The maximum atomic E-state index is 10.2. The molecule has 6 heteroatoms. The van der Waals surface area contributed by atoms with Crippen LogP contribution >= 0.6 is 0 Å². The van der Waals surface area contributed by atoms with Crippen LogP contribution in [-0.4, -0.2) is 41.6 Å². The Morgan fingerprint density at radius 1 is 1.17 bits per heavy atom. The topological polar surface area (TPSA) is 68.2 Å². The van der Waals surface area contributed by atoms with E-state index >= 15 is 0 Å². The number of aliphatic hydroxyl groups is 1. The van der Waals surface area contributed by atoms with Gasteiger partial charge in [-0.3, -0.25) is 5.26 Å². The van der Waals surface area contributed by atoms with Gasteiger partial charge in [-0.15, -0.1) is 0 Å². The zero-order valence-electron chi connectivity index (χ0n) is 13.2. The number of rotatable bonds is 4. The maximum absolute atomic E-state index is 10.2. The van der Waals surface area contributed by atoms with Crippen molar-refractivity contribution < 1.29 is 57.4 Å². The standard InChI is InChI=1S/C17H24O5.Y/c18-14-11-20-17(9-6-12-4-2-1-3-5-12)21-16-10-13(14)7-8-15(16)22-19;/h1-5,13-19H,6-11H2;. The molecule has 2 N–H and O–H groups in total. The number of aliphatic hydroxyl groups excluding tert-OH is 1. The summed E-state index contributed by atoms with van der Waals surface area (Å²) in [5.41, 5.74) is 1.23. The van der Waals surface area contributed by atoms with Gasteiger partial charge in [0.2, 0.25) is 0 Å². The Balaban J connectivity index is 0.00000192. The third-order valence-electron chi connectivity index (χ3n) is 4.74. The van der Waals surface area contributed by atoms with Gasteiger partial charge in [-0.05, 0) is 37.2 Å². The predicted octanol–water partition coefficient (Wildman–Crippen LogP) is 2.38. The monoisotopic (exact) mass is 397 g/mol. The smallest absolute Gasteiger partial charge is 0.158 e. The van der Waals surface area contributed by atoms with Gasteiger partial charge in [0.15, 0.2) is 6.29 Å². The Morgan fingerprint density at radius 3 is 2.70 bits per heavy atom. The number of ether oxygens (including phenoxy) is 2. The van der Waals surface area contributed by atoms with Gasteiger partial charge in [0.05, 0.1) is 18.8 Å². The molecule has 5 nitrogen and oxygen atoms in total. The predicted molar refractivity (Wildman–Crippen MR) is 80.2 cm³/mol. The van der Waals surface area contributed by atoms with Gasteiger partial charge >= 0.3 is 0 Å². The first-order valence-corrected chi connectivity index (χ1v) is 8.05. The average Bonchev–Trinajstić information content (AvgIpc) is 2.56. The van der Waals surface area contributed by atoms with Crippen LogP contribution in [0.25, 0.3) is 0 Å². The van der Waals surface area contributed by atoms with E-state index in [-0.39, 0.29) is 57.1 Å². The van der Waals surface area contributed by atoms with Crippen LogP contribution in [0.4, 0.5) is 0 Å². The van der Waals surface area contributed by atoms with Crippen molar-refractivity contribution in [3.8, 4) is 0 Å². The van der Waals surface area contributed by atoms with Crippen LogP contribution in [0.1, 0.15) is 31.2 Å². The van der Waals surface area contributed by atoms with Gasteiger partial charge in [-0.25, -0.2) is 4.89 Å². The molecule has 2 bridgehead atoms. The van der Waals surface area contributed by atoms with Crippen molar-refractivity contribution in [3.63, 3.8) is 0 Å². The fourth-order valence-corrected chi connectivity index (χ4v) is 3.40. The third-order valence-corrected chi connectivity index (χ3v) is 4.74. The second-order valence-electron chi connectivity index (χ2n) is 6.25. The quantitative estimate of drug-likeness (QED) is 0.603. The zero-order chi connectivity index (χ0) is 15.4. The molecule has 1 aliphatic heterocycles. The van der Waals surface area contributed by atoms with E-state index in [1.54, 1.807) is 0 Å². The van der Waals surface area contributed by atoms with Crippen molar-refractivity contribution in [1.29, 1.82) is 0 Å². The molecule has 1 aliphatic carbocycles. The van der Waals surface area contributed by atoms with Crippen molar-refractivity contribution in [1.82, 2.24) is 0 Å². The first-order chi connectivity index (χ1) is 10.8. The largest absolute Gasteiger partial charge is 0.390 e. The second kappa shape index (κ2) is 9.57. The van der Waals surface area contributed by atoms with Crippen LogP contribution in [0.3, 0.4) is 0 Å². The van der Waals surface area contributed by atoms with Crippen LogP contribution in [-0.2, 0) is 53.5 Å². The third kappa shape index (κ3) is 5.30. The fourth-order valence-electron chi connectivity index (χ4n) is 3.40. The summed E-state index contributed by atoms with van der Waals surface area (Å²) in [5, 5.41) is 19.2. The molecular weight excluding hydrogens is 373 g/mol. The number of aryl methyl sites for hydroxylation is 1. The molecule has 1 saturated heterocycles. The first kappa shape index (κ1) is 19.4. The molecule has 5 unspecified atom stereocenters. The van der Waals surface area contributed by atoms with E-state index in [4.69, 9.17) is 14.7 Å². The molecule has 5 atom stereocenters. The van der Waals surface area contributed by atoms with Crippen molar-refractivity contribution >= 4 is 0 Å². The molecule has 1 aromatic carbocycles. The fraction of sp³-hybridized carbons (Fsp3) is 0.647. The minimum absolute atomic E-state index is 0. The Kier molecular flexibility index (Phi) is 8.09. The Bertz CT molecular complexity index is 458. The minimum Gasteiger partial charge on any atom is -0.390 e. The van der Waals surface area contributed by atoms with Gasteiger partial charge in [0.1, 0.15) is 6.10 Å². The molecule has 1 heterocycles.